The summed E-state index contributed by atoms with van der Waals surface area (Å²) in [6, 6.07) is 4.25. The molecule has 0 saturated carbocycles. The number of allylic oxidation sites excluding steroid dienone is 1. The van der Waals surface area contributed by atoms with Crippen LogP contribution in [0.1, 0.15) is 100 Å². The minimum absolute atomic E-state index is 0.103. The molecule has 0 fully saturated rings. The number of benzene rings is 1. The van der Waals surface area contributed by atoms with Gasteiger partial charge in [-0.05, 0) is 34.4 Å². The minimum atomic E-state index is -0.221. The van der Waals surface area contributed by atoms with Crippen molar-refractivity contribution in [3.63, 3.8) is 0 Å². The lowest BCUT2D eigenvalue weighted by Crippen LogP contribution is -2.20. The Labute approximate surface area is 147 Å². The third kappa shape index (κ3) is 4.23. The van der Waals surface area contributed by atoms with Crippen molar-refractivity contribution in [1.82, 2.24) is 0 Å². The second kappa shape index (κ2) is 7.92. The second-order valence-corrected chi connectivity index (χ2v) is 7.87. The molecule has 132 valence electrons. The molecule has 0 atom stereocenters. The van der Waals surface area contributed by atoms with E-state index in [4.69, 9.17) is 0 Å². The van der Waals surface area contributed by atoms with E-state index in [9.17, 15) is 9.59 Å². The Hall–Kier alpha value is -1.70. The molecule has 2 heteroatoms. The number of ketones is 2. The Balaban J connectivity index is 3.63. The van der Waals surface area contributed by atoms with Gasteiger partial charge in [0.2, 0.25) is 0 Å². The van der Waals surface area contributed by atoms with Crippen LogP contribution in [-0.4, -0.2) is 11.6 Å². The minimum Gasteiger partial charge on any atom is -0.294 e. The standard InChI is InChI=1S/C22H32O2/c1-12(2)17-10-18(13(3)4)20(19(11-17)14(5)6)22(24)16(9)21(23)15(7)8/h10-15H,9H2,1-8H3. The third-order valence-corrected chi connectivity index (χ3v) is 4.46. The van der Waals surface area contributed by atoms with Gasteiger partial charge in [0.15, 0.2) is 11.6 Å². The van der Waals surface area contributed by atoms with Gasteiger partial charge in [-0.15, -0.1) is 0 Å². The first-order valence-corrected chi connectivity index (χ1v) is 8.94. The zero-order chi connectivity index (χ0) is 18.8. The first-order chi connectivity index (χ1) is 11.0. The topological polar surface area (TPSA) is 34.1 Å². The summed E-state index contributed by atoms with van der Waals surface area (Å²) >= 11 is 0. The average Bonchev–Trinajstić information content (AvgIpc) is 2.50. The van der Waals surface area contributed by atoms with Crippen LogP contribution in [0.25, 0.3) is 0 Å². The summed E-state index contributed by atoms with van der Waals surface area (Å²) in [4.78, 5) is 25.4. The fraction of sp³-hybridized carbons (Fsp3) is 0.545. The lowest BCUT2D eigenvalue weighted by Gasteiger charge is -2.22. The van der Waals surface area contributed by atoms with E-state index in [0.717, 1.165) is 11.1 Å². The summed E-state index contributed by atoms with van der Waals surface area (Å²) in [6.45, 7) is 20.1. The van der Waals surface area contributed by atoms with E-state index >= 15 is 0 Å². The van der Waals surface area contributed by atoms with E-state index in [2.05, 4.69) is 60.3 Å². The molecule has 0 unspecified atom stereocenters. The van der Waals surface area contributed by atoms with Crippen LogP contribution in [0.4, 0.5) is 0 Å². The molecule has 0 N–H and O–H groups in total. The fourth-order valence-corrected chi connectivity index (χ4v) is 2.83. The van der Waals surface area contributed by atoms with Crippen molar-refractivity contribution in [2.75, 3.05) is 0 Å². The maximum Gasteiger partial charge on any atom is 0.196 e. The van der Waals surface area contributed by atoms with Crippen molar-refractivity contribution in [2.24, 2.45) is 5.92 Å². The van der Waals surface area contributed by atoms with E-state index in [1.165, 1.54) is 5.56 Å². The van der Waals surface area contributed by atoms with Crippen molar-refractivity contribution in [3.05, 3.63) is 46.5 Å². The smallest absolute Gasteiger partial charge is 0.196 e. The van der Waals surface area contributed by atoms with Crippen molar-refractivity contribution < 1.29 is 9.59 Å². The zero-order valence-corrected chi connectivity index (χ0v) is 16.5. The van der Waals surface area contributed by atoms with Gasteiger partial charge in [-0.2, -0.15) is 0 Å². The first-order valence-electron chi connectivity index (χ1n) is 8.94. The molecule has 1 rings (SSSR count). The zero-order valence-electron chi connectivity index (χ0n) is 16.5. The van der Waals surface area contributed by atoms with Gasteiger partial charge in [0.05, 0.1) is 5.57 Å². The van der Waals surface area contributed by atoms with Crippen LogP contribution < -0.4 is 0 Å². The first kappa shape index (κ1) is 20.3. The SMILES string of the molecule is C=C(C(=O)c1c(C(C)C)cc(C(C)C)cc1C(C)C)C(=O)C(C)C. The number of carbonyl (C=O) groups is 2. The maximum absolute atomic E-state index is 13.1. The molecule has 1 aromatic carbocycles. The maximum atomic E-state index is 13.1. The summed E-state index contributed by atoms with van der Waals surface area (Å²) in [5.41, 5.74) is 4.06. The van der Waals surface area contributed by atoms with Gasteiger partial charge in [-0.25, -0.2) is 0 Å². The van der Waals surface area contributed by atoms with Crippen molar-refractivity contribution in [2.45, 2.75) is 73.1 Å². The summed E-state index contributed by atoms with van der Waals surface area (Å²) in [5.74, 6) is 0.212. The molecule has 2 nitrogen and oxygen atoms in total. The number of rotatable bonds is 7. The molecule has 0 aliphatic heterocycles. The molecule has 0 aliphatic rings. The van der Waals surface area contributed by atoms with Gasteiger partial charge in [0.25, 0.3) is 0 Å². The van der Waals surface area contributed by atoms with Crippen LogP contribution in [0, 0.1) is 5.92 Å². The Morgan fingerprint density at radius 2 is 1.21 bits per heavy atom. The molecule has 0 aromatic heterocycles. The molecule has 0 heterocycles. The van der Waals surface area contributed by atoms with Crippen LogP contribution in [0.2, 0.25) is 0 Å². The van der Waals surface area contributed by atoms with E-state index in [0.29, 0.717) is 11.5 Å². The number of hydrogen-bond donors (Lipinski definition) is 0. The van der Waals surface area contributed by atoms with E-state index < -0.39 is 0 Å². The Kier molecular flexibility index (Phi) is 6.71. The van der Waals surface area contributed by atoms with Crippen LogP contribution in [0.15, 0.2) is 24.3 Å². The van der Waals surface area contributed by atoms with Crippen LogP contribution in [-0.2, 0) is 4.79 Å². The van der Waals surface area contributed by atoms with Gasteiger partial charge in [-0.3, -0.25) is 9.59 Å². The van der Waals surface area contributed by atoms with Crippen molar-refractivity contribution in [1.29, 1.82) is 0 Å². The number of Topliss-reactive ketones (excluding diaryl/α,β-unsaturated/α-hetero) is 2. The van der Waals surface area contributed by atoms with Crippen molar-refractivity contribution >= 4 is 11.6 Å². The quantitative estimate of drug-likeness (QED) is 0.265. The molecule has 0 amide bonds. The summed E-state index contributed by atoms with van der Waals surface area (Å²) in [7, 11) is 0. The monoisotopic (exact) mass is 328 g/mol. The molecule has 1 aromatic rings. The molecule has 0 aliphatic carbocycles. The van der Waals surface area contributed by atoms with Gasteiger partial charge in [-0.1, -0.05) is 74.1 Å². The molecule has 0 saturated heterocycles. The fourth-order valence-electron chi connectivity index (χ4n) is 2.83. The Morgan fingerprint density at radius 1 is 0.792 bits per heavy atom. The number of hydrogen-bond acceptors (Lipinski definition) is 2. The van der Waals surface area contributed by atoms with Gasteiger partial charge < -0.3 is 0 Å². The van der Waals surface area contributed by atoms with Gasteiger partial charge >= 0.3 is 0 Å². The van der Waals surface area contributed by atoms with Crippen molar-refractivity contribution in [3.8, 4) is 0 Å². The van der Waals surface area contributed by atoms with Crippen LogP contribution in [0.5, 0.6) is 0 Å². The highest BCUT2D eigenvalue weighted by atomic mass is 16.1. The summed E-state index contributed by atoms with van der Waals surface area (Å²) in [5, 5.41) is 0. The molecule has 0 radical (unpaired) electrons. The Morgan fingerprint density at radius 3 is 1.50 bits per heavy atom. The third-order valence-electron chi connectivity index (χ3n) is 4.46. The Bertz CT molecular complexity index is 617. The lowest BCUT2D eigenvalue weighted by molar-refractivity contribution is -0.117. The second-order valence-electron chi connectivity index (χ2n) is 7.87. The van der Waals surface area contributed by atoms with Gasteiger partial charge in [0, 0.05) is 11.5 Å². The molecule has 0 spiro atoms. The summed E-state index contributed by atoms with van der Waals surface area (Å²) in [6.07, 6.45) is 0. The molecular formula is C22H32O2. The summed E-state index contributed by atoms with van der Waals surface area (Å²) < 4.78 is 0. The largest absolute Gasteiger partial charge is 0.294 e. The molecule has 0 bridgehead atoms. The van der Waals surface area contributed by atoms with Gasteiger partial charge in [0.1, 0.15) is 0 Å². The van der Waals surface area contributed by atoms with E-state index in [1.807, 2.05) is 0 Å². The highest BCUT2D eigenvalue weighted by Gasteiger charge is 2.27. The highest BCUT2D eigenvalue weighted by Crippen LogP contribution is 2.33. The van der Waals surface area contributed by atoms with Crippen LogP contribution in [0.3, 0.4) is 0 Å². The highest BCUT2D eigenvalue weighted by molar-refractivity contribution is 6.27. The lowest BCUT2D eigenvalue weighted by atomic mass is 9.81. The molecule has 24 heavy (non-hydrogen) atoms. The van der Waals surface area contributed by atoms with E-state index in [1.54, 1.807) is 13.8 Å². The predicted molar refractivity (Wildman–Crippen MR) is 102 cm³/mol. The van der Waals surface area contributed by atoms with E-state index in [-0.39, 0.29) is 34.9 Å². The molecular weight excluding hydrogens is 296 g/mol. The van der Waals surface area contributed by atoms with Crippen LogP contribution >= 0.6 is 0 Å². The normalized spacial score (nSPS) is 11.7. The predicted octanol–water partition coefficient (Wildman–Crippen LogP) is 6.02. The number of carbonyl (C=O) groups excluding carboxylic acids is 2. The average molecular weight is 328 g/mol.